The normalized spacial score (nSPS) is 10.6. The van der Waals surface area contributed by atoms with E-state index in [1.807, 2.05) is 31.2 Å². The van der Waals surface area contributed by atoms with Crippen LogP contribution in [-0.4, -0.2) is 29.4 Å². The van der Waals surface area contributed by atoms with Crippen LogP contribution >= 0.6 is 11.6 Å². The summed E-state index contributed by atoms with van der Waals surface area (Å²) >= 11 is 6.11. The molecule has 0 fully saturated rings. The maximum atomic E-state index is 12.1. The number of aromatic nitrogens is 1. The third-order valence-corrected chi connectivity index (χ3v) is 3.11. The Labute approximate surface area is 111 Å². The predicted molar refractivity (Wildman–Crippen MR) is 74.0 cm³/mol. The van der Waals surface area contributed by atoms with Crippen molar-refractivity contribution in [2.75, 3.05) is 13.6 Å². The first-order valence-electron chi connectivity index (χ1n) is 5.94. The summed E-state index contributed by atoms with van der Waals surface area (Å²) in [6, 6.07) is 9.44. The minimum Gasteiger partial charge on any atom is -0.340 e. The molecule has 4 heteroatoms. The van der Waals surface area contributed by atoms with Crippen molar-refractivity contribution in [2.24, 2.45) is 0 Å². The van der Waals surface area contributed by atoms with Gasteiger partial charge in [0.05, 0.1) is 0 Å². The average molecular weight is 263 g/mol. The van der Waals surface area contributed by atoms with Crippen LogP contribution in [0.3, 0.4) is 0 Å². The van der Waals surface area contributed by atoms with E-state index in [0.717, 1.165) is 17.2 Å². The van der Waals surface area contributed by atoms with Crippen molar-refractivity contribution in [3.8, 4) is 0 Å². The van der Waals surface area contributed by atoms with E-state index in [-0.39, 0.29) is 5.91 Å². The Hall–Kier alpha value is -1.61. The maximum Gasteiger partial charge on any atom is 0.272 e. The first-order chi connectivity index (χ1) is 8.63. The standard InChI is InChI=1S/C14H15ClN2O/c1-3-8-17(2)14(18)12-9-10-6-4-5-7-11(10)13(15)16-12/h4-7,9H,3,8H2,1-2H3. The minimum atomic E-state index is -0.0931. The van der Waals surface area contributed by atoms with Crippen LogP contribution in [0.15, 0.2) is 30.3 Å². The van der Waals surface area contributed by atoms with Gasteiger partial charge in [-0.15, -0.1) is 0 Å². The van der Waals surface area contributed by atoms with Gasteiger partial charge in [0.1, 0.15) is 10.8 Å². The van der Waals surface area contributed by atoms with E-state index in [2.05, 4.69) is 4.98 Å². The summed E-state index contributed by atoms with van der Waals surface area (Å²) in [5, 5.41) is 2.18. The van der Waals surface area contributed by atoms with Crippen LogP contribution in [-0.2, 0) is 0 Å². The van der Waals surface area contributed by atoms with E-state index < -0.39 is 0 Å². The van der Waals surface area contributed by atoms with Crippen molar-refractivity contribution in [3.05, 3.63) is 41.2 Å². The van der Waals surface area contributed by atoms with Gasteiger partial charge in [0.15, 0.2) is 0 Å². The zero-order chi connectivity index (χ0) is 13.1. The van der Waals surface area contributed by atoms with Gasteiger partial charge in [-0.3, -0.25) is 4.79 Å². The van der Waals surface area contributed by atoms with Crippen LogP contribution < -0.4 is 0 Å². The summed E-state index contributed by atoms with van der Waals surface area (Å²) in [4.78, 5) is 18.0. The van der Waals surface area contributed by atoms with Gasteiger partial charge in [-0.25, -0.2) is 4.98 Å². The fourth-order valence-corrected chi connectivity index (χ4v) is 2.16. The molecule has 0 saturated heterocycles. The number of carbonyl (C=O) groups is 1. The lowest BCUT2D eigenvalue weighted by molar-refractivity contribution is 0.0789. The number of carbonyl (C=O) groups excluding carboxylic acids is 1. The second kappa shape index (κ2) is 5.36. The molecule has 0 spiro atoms. The molecule has 2 rings (SSSR count). The summed E-state index contributed by atoms with van der Waals surface area (Å²) in [7, 11) is 1.77. The number of benzene rings is 1. The molecule has 1 amide bonds. The van der Waals surface area contributed by atoms with Crippen molar-refractivity contribution in [1.29, 1.82) is 0 Å². The van der Waals surface area contributed by atoms with Crippen molar-refractivity contribution in [2.45, 2.75) is 13.3 Å². The van der Waals surface area contributed by atoms with E-state index in [1.54, 1.807) is 18.0 Å². The molecule has 94 valence electrons. The van der Waals surface area contributed by atoms with Crippen molar-refractivity contribution < 1.29 is 4.79 Å². The molecule has 3 nitrogen and oxygen atoms in total. The molecule has 0 aliphatic heterocycles. The molecule has 1 aromatic carbocycles. The summed E-state index contributed by atoms with van der Waals surface area (Å²) in [6.45, 7) is 2.75. The molecule has 0 unspecified atom stereocenters. The van der Waals surface area contributed by atoms with Gasteiger partial charge < -0.3 is 4.90 Å². The number of pyridine rings is 1. The van der Waals surface area contributed by atoms with E-state index >= 15 is 0 Å². The highest BCUT2D eigenvalue weighted by Gasteiger charge is 2.14. The summed E-state index contributed by atoms with van der Waals surface area (Å²) < 4.78 is 0. The van der Waals surface area contributed by atoms with Gasteiger partial charge in [0, 0.05) is 19.0 Å². The molecule has 1 heterocycles. The van der Waals surface area contributed by atoms with Crippen LogP contribution in [0.25, 0.3) is 10.8 Å². The first-order valence-corrected chi connectivity index (χ1v) is 6.32. The maximum absolute atomic E-state index is 12.1. The van der Waals surface area contributed by atoms with E-state index in [9.17, 15) is 4.79 Å². The average Bonchev–Trinajstić information content (AvgIpc) is 2.38. The number of amides is 1. The fourth-order valence-electron chi connectivity index (χ4n) is 1.90. The number of hydrogen-bond acceptors (Lipinski definition) is 2. The minimum absolute atomic E-state index is 0.0931. The highest BCUT2D eigenvalue weighted by atomic mass is 35.5. The second-order valence-corrected chi connectivity index (χ2v) is 4.60. The highest BCUT2D eigenvalue weighted by molar-refractivity contribution is 6.34. The third-order valence-electron chi connectivity index (χ3n) is 2.82. The van der Waals surface area contributed by atoms with Crippen LogP contribution in [0.2, 0.25) is 5.15 Å². The predicted octanol–water partition coefficient (Wildman–Crippen LogP) is 3.37. The van der Waals surface area contributed by atoms with Gasteiger partial charge in [0.25, 0.3) is 5.91 Å². The number of hydrogen-bond donors (Lipinski definition) is 0. The molecule has 18 heavy (non-hydrogen) atoms. The van der Waals surface area contributed by atoms with Gasteiger partial charge >= 0.3 is 0 Å². The Morgan fingerprint density at radius 3 is 2.83 bits per heavy atom. The molecular weight excluding hydrogens is 248 g/mol. The molecule has 0 N–H and O–H groups in total. The second-order valence-electron chi connectivity index (χ2n) is 4.25. The molecule has 1 aromatic heterocycles. The molecule has 0 bridgehead atoms. The number of rotatable bonds is 3. The van der Waals surface area contributed by atoms with Gasteiger partial charge in [-0.05, 0) is 17.9 Å². The van der Waals surface area contributed by atoms with Crippen molar-refractivity contribution >= 4 is 28.3 Å². The van der Waals surface area contributed by atoms with Crippen LogP contribution in [0.5, 0.6) is 0 Å². The number of fused-ring (bicyclic) bond motifs is 1. The van der Waals surface area contributed by atoms with E-state index in [4.69, 9.17) is 11.6 Å². The van der Waals surface area contributed by atoms with Gasteiger partial charge in [-0.2, -0.15) is 0 Å². The largest absolute Gasteiger partial charge is 0.340 e. The number of halogens is 1. The Morgan fingerprint density at radius 1 is 1.39 bits per heavy atom. The van der Waals surface area contributed by atoms with Crippen molar-refractivity contribution in [1.82, 2.24) is 9.88 Å². The lowest BCUT2D eigenvalue weighted by atomic mass is 10.1. The number of nitrogens with zero attached hydrogens (tertiary/aromatic N) is 2. The highest BCUT2D eigenvalue weighted by Crippen LogP contribution is 2.22. The Balaban J connectivity index is 2.43. The third kappa shape index (κ3) is 2.46. The Bertz CT molecular complexity index is 583. The van der Waals surface area contributed by atoms with Gasteiger partial charge in [0.2, 0.25) is 0 Å². The van der Waals surface area contributed by atoms with E-state index in [0.29, 0.717) is 17.4 Å². The molecule has 0 atom stereocenters. The SMILES string of the molecule is CCCN(C)C(=O)c1cc2ccccc2c(Cl)n1. The van der Waals surface area contributed by atoms with Crippen LogP contribution in [0.4, 0.5) is 0 Å². The quantitative estimate of drug-likeness (QED) is 0.795. The first kappa shape index (κ1) is 12.8. The van der Waals surface area contributed by atoms with Crippen molar-refractivity contribution in [3.63, 3.8) is 0 Å². The van der Waals surface area contributed by atoms with Gasteiger partial charge in [-0.1, -0.05) is 42.8 Å². The molecule has 0 aliphatic carbocycles. The molecule has 2 aromatic rings. The Kier molecular flexibility index (Phi) is 3.82. The Morgan fingerprint density at radius 2 is 2.11 bits per heavy atom. The molecule has 0 radical (unpaired) electrons. The summed E-state index contributed by atoms with van der Waals surface area (Å²) in [6.07, 6.45) is 0.920. The van der Waals surface area contributed by atoms with Crippen LogP contribution in [0.1, 0.15) is 23.8 Å². The molecular formula is C14H15ClN2O. The summed E-state index contributed by atoms with van der Waals surface area (Å²) in [5.41, 5.74) is 0.398. The van der Waals surface area contributed by atoms with Crippen LogP contribution in [0, 0.1) is 0 Å². The lowest BCUT2D eigenvalue weighted by Crippen LogP contribution is -2.28. The molecule has 0 aliphatic rings. The zero-order valence-corrected chi connectivity index (χ0v) is 11.2. The van der Waals surface area contributed by atoms with E-state index in [1.165, 1.54) is 0 Å². The smallest absolute Gasteiger partial charge is 0.272 e. The summed E-state index contributed by atoms with van der Waals surface area (Å²) in [5.74, 6) is -0.0931. The lowest BCUT2D eigenvalue weighted by Gasteiger charge is -2.15. The topological polar surface area (TPSA) is 33.2 Å². The molecule has 0 saturated carbocycles. The fraction of sp³-hybridized carbons (Fsp3) is 0.286. The monoisotopic (exact) mass is 262 g/mol. The zero-order valence-electron chi connectivity index (χ0n) is 10.5.